The second-order valence-electron chi connectivity index (χ2n) is 6.70. The fourth-order valence-corrected chi connectivity index (χ4v) is 4.11. The van der Waals surface area contributed by atoms with Gasteiger partial charge in [-0.15, -0.1) is 0 Å². The summed E-state index contributed by atoms with van der Waals surface area (Å²) in [6, 6.07) is 13.2. The minimum Gasteiger partial charge on any atom is -0.497 e. The number of amides is 2. The first-order valence-electron chi connectivity index (χ1n) is 9.14. The summed E-state index contributed by atoms with van der Waals surface area (Å²) >= 11 is 6.59. The predicted octanol–water partition coefficient (Wildman–Crippen LogP) is 4.54. The molecular formula is C22H22N2O3S2. The number of thiocarbonyl (C=S) groups is 1. The Labute approximate surface area is 180 Å². The van der Waals surface area contributed by atoms with E-state index in [1.807, 2.05) is 56.3 Å². The van der Waals surface area contributed by atoms with Crippen LogP contribution in [0.15, 0.2) is 47.4 Å². The maximum Gasteiger partial charge on any atom is 0.266 e. The van der Waals surface area contributed by atoms with E-state index in [9.17, 15) is 9.59 Å². The van der Waals surface area contributed by atoms with Crippen LogP contribution >= 0.6 is 24.0 Å². The first-order chi connectivity index (χ1) is 13.9. The molecule has 1 aliphatic rings. The molecule has 0 radical (unpaired) electrons. The van der Waals surface area contributed by atoms with Crippen molar-refractivity contribution in [1.29, 1.82) is 0 Å². The average Bonchev–Trinajstić information content (AvgIpc) is 2.96. The highest BCUT2D eigenvalue weighted by molar-refractivity contribution is 8.26. The number of nitrogens with one attached hydrogen (secondary N) is 1. The van der Waals surface area contributed by atoms with Crippen LogP contribution in [-0.2, 0) is 9.59 Å². The number of benzene rings is 2. The number of anilines is 1. The summed E-state index contributed by atoms with van der Waals surface area (Å²) in [5, 5.41) is 2.87. The molecule has 2 aromatic rings. The van der Waals surface area contributed by atoms with Crippen molar-refractivity contribution in [3.8, 4) is 5.75 Å². The molecular weight excluding hydrogens is 404 g/mol. The lowest BCUT2D eigenvalue weighted by molar-refractivity contribution is -0.122. The smallest absolute Gasteiger partial charge is 0.266 e. The summed E-state index contributed by atoms with van der Waals surface area (Å²) < 4.78 is 5.61. The van der Waals surface area contributed by atoms with Crippen LogP contribution in [0, 0.1) is 13.8 Å². The summed E-state index contributed by atoms with van der Waals surface area (Å²) in [7, 11) is 1.61. The number of methoxy groups -OCH3 is 1. The van der Waals surface area contributed by atoms with Gasteiger partial charge in [-0.25, -0.2) is 0 Å². The summed E-state index contributed by atoms with van der Waals surface area (Å²) in [6.07, 6.45) is 1.98. The molecule has 1 N–H and O–H groups in total. The van der Waals surface area contributed by atoms with Gasteiger partial charge in [0, 0.05) is 18.7 Å². The Bertz CT molecular complexity index is 984. The second-order valence-corrected chi connectivity index (χ2v) is 8.38. The molecule has 5 nitrogen and oxygen atoms in total. The van der Waals surface area contributed by atoms with Gasteiger partial charge in [0.15, 0.2) is 0 Å². The first kappa shape index (κ1) is 21.1. The van der Waals surface area contributed by atoms with Gasteiger partial charge < -0.3 is 10.1 Å². The zero-order valence-electron chi connectivity index (χ0n) is 16.5. The van der Waals surface area contributed by atoms with Crippen LogP contribution in [0.5, 0.6) is 5.75 Å². The SMILES string of the molecule is COc1ccc(C=C2SC(=S)N(CCC(=O)Nc3ccc(C)c(C)c3)C2=O)cc1. The van der Waals surface area contributed by atoms with Crippen molar-refractivity contribution in [2.45, 2.75) is 20.3 Å². The number of carbonyl (C=O) groups is 2. The molecule has 0 aromatic heterocycles. The molecule has 0 bridgehead atoms. The van der Waals surface area contributed by atoms with E-state index in [0.717, 1.165) is 22.6 Å². The minimum absolute atomic E-state index is 0.151. The molecule has 1 saturated heterocycles. The van der Waals surface area contributed by atoms with Crippen molar-refractivity contribution in [3.05, 3.63) is 64.1 Å². The van der Waals surface area contributed by atoms with Gasteiger partial charge in [-0.1, -0.05) is 42.2 Å². The fourth-order valence-electron chi connectivity index (χ4n) is 2.80. The van der Waals surface area contributed by atoms with Crippen LogP contribution in [-0.4, -0.2) is 34.7 Å². The number of ether oxygens (including phenoxy) is 1. The maximum absolute atomic E-state index is 12.7. The molecule has 3 rings (SSSR count). The number of hydrogen-bond donors (Lipinski definition) is 1. The summed E-state index contributed by atoms with van der Waals surface area (Å²) in [4.78, 5) is 27.0. The van der Waals surface area contributed by atoms with Crippen LogP contribution in [0.4, 0.5) is 5.69 Å². The van der Waals surface area contributed by atoms with E-state index in [1.165, 1.54) is 22.2 Å². The highest BCUT2D eigenvalue weighted by atomic mass is 32.2. The normalized spacial score (nSPS) is 15.1. The van der Waals surface area contributed by atoms with Crippen molar-refractivity contribution in [2.24, 2.45) is 0 Å². The summed E-state index contributed by atoms with van der Waals surface area (Å²) in [5.41, 5.74) is 3.93. The molecule has 0 spiro atoms. The third-order valence-corrected chi connectivity index (χ3v) is 6.02. The van der Waals surface area contributed by atoms with Crippen LogP contribution in [0.1, 0.15) is 23.1 Å². The van der Waals surface area contributed by atoms with E-state index in [4.69, 9.17) is 17.0 Å². The molecule has 0 atom stereocenters. The van der Waals surface area contributed by atoms with Gasteiger partial charge in [-0.2, -0.15) is 0 Å². The Balaban J connectivity index is 1.60. The van der Waals surface area contributed by atoms with Gasteiger partial charge in [0.25, 0.3) is 5.91 Å². The predicted molar refractivity (Wildman–Crippen MR) is 122 cm³/mol. The molecule has 1 fully saturated rings. The Kier molecular flexibility index (Phi) is 6.71. The van der Waals surface area contributed by atoms with Crippen molar-refractivity contribution in [3.63, 3.8) is 0 Å². The number of nitrogens with zero attached hydrogens (tertiary/aromatic N) is 1. The number of thioether (sulfide) groups is 1. The monoisotopic (exact) mass is 426 g/mol. The van der Waals surface area contributed by atoms with Crippen LogP contribution < -0.4 is 10.1 Å². The molecule has 2 aromatic carbocycles. The lowest BCUT2D eigenvalue weighted by atomic mass is 10.1. The Morgan fingerprint density at radius 2 is 1.90 bits per heavy atom. The maximum atomic E-state index is 12.7. The van der Waals surface area contributed by atoms with Crippen molar-refractivity contribution in [1.82, 2.24) is 4.90 Å². The van der Waals surface area contributed by atoms with E-state index in [-0.39, 0.29) is 24.8 Å². The fraction of sp³-hybridized carbons (Fsp3) is 0.227. The first-order valence-corrected chi connectivity index (χ1v) is 10.4. The number of rotatable bonds is 6. The molecule has 29 heavy (non-hydrogen) atoms. The number of hydrogen-bond acceptors (Lipinski definition) is 5. The Hall–Kier alpha value is -2.64. The third kappa shape index (κ3) is 5.25. The van der Waals surface area contributed by atoms with Gasteiger partial charge >= 0.3 is 0 Å². The standard InChI is InChI=1S/C22H22N2O3S2/c1-14-4-7-17(12-15(14)2)23-20(25)10-11-24-21(26)19(29-22(24)28)13-16-5-8-18(27-3)9-6-16/h4-9,12-13H,10-11H2,1-3H3,(H,23,25). The van der Waals surface area contributed by atoms with E-state index in [0.29, 0.717) is 9.23 Å². The van der Waals surface area contributed by atoms with E-state index < -0.39 is 0 Å². The zero-order chi connectivity index (χ0) is 21.0. The molecule has 1 heterocycles. The molecule has 7 heteroatoms. The topological polar surface area (TPSA) is 58.6 Å². The Morgan fingerprint density at radius 1 is 1.17 bits per heavy atom. The number of aryl methyl sites for hydroxylation is 2. The lowest BCUT2D eigenvalue weighted by Crippen LogP contribution is -2.31. The molecule has 0 aliphatic carbocycles. The van der Waals surface area contributed by atoms with Gasteiger partial charge in [0.1, 0.15) is 10.1 Å². The Morgan fingerprint density at radius 3 is 2.55 bits per heavy atom. The zero-order valence-corrected chi connectivity index (χ0v) is 18.2. The van der Waals surface area contributed by atoms with E-state index >= 15 is 0 Å². The van der Waals surface area contributed by atoms with E-state index in [2.05, 4.69) is 5.32 Å². The van der Waals surface area contributed by atoms with Crippen molar-refractivity contribution in [2.75, 3.05) is 19.0 Å². The van der Waals surface area contributed by atoms with Crippen molar-refractivity contribution >= 4 is 51.9 Å². The van der Waals surface area contributed by atoms with Gasteiger partial charge in [-0.05, 0) is 60.9 Å². The van der Waals surface area contributed by atoms with Crippen LogP contribution in [0.3, 0.4) is 0 Å². The number of carbonyl (C=O) groups excluding carboxylic acids is 2. The highest BCUT2D eigenvalue weighted by Crippen LogP contribution is 2.32. The molecule has 150 valence electrons. The minimum atomic E-state index is -0.171. The molecule has 1 aliphatic heterocycles. The molecule has 0 saturated carbocycles. The van der Waals surface area contributed by atoms with Crippen LogP contribution in [0.25, 0.3) is 6.08 Å². The largest absolute Gasteiger partial charge is 0.497 e. The van der Waals surface area contributed by atoms with Crippen LogP contribution in [0.2, 0.25) is 0 Å². The van der Waals surface area contributed by atoms with Crippen molar-refractivity contribution < 1.29 is 14.3 Å². The molecule has 0 unspecified atom stereocenters. The van der Waals surface area contributed by atoms with Gasteiger partial charge in [0.05, 0.1) is 12.0 Å². The van der Waals surface area contributed by atoms with Gasteiger partial charge in [0.2, 0.25) is 5.91 Å². The lowest BCUT2D eigenvalue weighted by Gasteiger charge is -2.14. The molecule has 2 amide bonds. The van der Waals surface area contributed by atoms with Gasteiger partial charge in [-0.3, -0.25) is 14.5 Å². The third-order valence-electron chi connectivity index (χ3n) is 4.64. The average molecular weight is 427 g/mol. The highest BCUT2D eigenvalue weighted by Gasteiger charge is 2.32. The quantitative estimate of drug-likeness (QED) is 0.543. The van der Waals surface area contributed by atoms with E-state index in [1.54, 1.807) is 13.2 Å². The summed E-state index contributed by atoms with van der Waals surface area (Å²) in [5.74, 6) is 0.431. The summed E-state index contributed by atoms with van der Waals surface area (Å²) in [6.45, 7) is 4.27. The second kappa shape index (κ2) is 9.24.